The van der Waals surface area contributed by atoms with Gasteiger partial charge in [0.15, 0.2) is 5.58 Å². The van der Waals surface area contributed by atoms with Crippen molar-refractivity contribution in [2.45, 2.75) is 6.42 Å². The van der Waals surface area contributed by atoms with Gasteiger partial charge in [0.1, 0.15) is 11.3 Å². The second kappa shape index (κ2) is 6.98. The first-order chi connectivity index (χ1) is 12.8. The predicted molar refractivity (Wildman–Crippen MR) is 100 cm³/mol. The quantitative estimate of drug-likeness (QED) is 0.589. The summed E-state index contributed by atoms with van der Waals surface area (Å²) in [5.74, 6) is 1.33. The van der Waals surface area contributed by atoms with Crippen LogP contribution in [-0.4, -0.2) is 28.8 Å². The summed E-state index contributed by atoms with van der Waals surface area (Å²) in [6.45, 7) is 0.146. The molecule has 1 aromatic carbocycles. The molecule has 0 fully saturated rings. The number of aliphatic hydroxyl groups is 1. The molecule has 26 heavy (non-hydrogen) atoms. The van der Waals surface area contributed by atoms with Crippen LogP contribution in [0.1, 0.15) is 5.56 Å². The van der Waals surface area contributed by atoms with Gasteiger partial charge in [-0.25, -0.2) is 4.98 Å². The maximum Gasteiger partial charge on any atom is 0.212 e. The number of furan rings is 1. The smallest absolute Gasteiger partial charge is 0.212 e. The Balaban J connectivity index is 1.75. The summed E-state index contributed by atoms with van der Waals surface area (Å²) in [5, 5.41) is 9.03. The fourth-order valence-electron chi connectivity index (χ4n) is 2.93. The highest BCUT2D eigenvalue weighted by Crippen LogP contribution is 2.33. The number of benzene rings is 1. The zero-order valence-corrected chi connectivity index (χ0v) is 14.3. The molecule has 3 aromatic heterocycles. The van der Waals surface area contributed by atoms with Crippen molar-refractivity contribution in [1.29, 1.82) is 0 Å². The van der Waals surface area contributed by atoms with Gasteiger partial charge in [-0.2, -0.15) is 0 Å². The van der Waals surface area contributed by atoms with Gasteiger partial charge in [0.25, 0.3) is 0 Å². The van der Waals surface area contributed by atoms with Gasteiger partial charge >= 0.3 is 0 Å². The fourth-order valence-corrected chi connectivity index (χ4v) is 2.93. The molecule has 0 aliphatic rings. The number of hydrogen-bond donors (Lipinski definition) is 1. The van der Waals surface area contributed by atoms with E-state index in [1.165, 1.54) is 0 Å². The van der Waals surface area contributed by atoms with E-state index < -0.39 is 0 Å². The predicted octanol–water partition coefficient (Wildman–Crippen LogP) is 4.10. The Labute approximate surface area is 150 Å². The van der Waals surface area contributed by atoms with Gasteiger partial charge in [-0.15, -0.1) is 0 Å². The van der Waals surface area contributed by atoms with Gasteiger partial charge in [-0.1, -0.05) is 24.3 Å². The van der Waals surface area contributed by atoms with E-state index in [1.807, 2.05) is 48.5 Å². The summed E-state index contributed by atoms with van der Waals surface area (Å²) in [4.78, 5) is 8.69. The lowest BCUT2D eigenvalue weighted by Crippen LogP contribution is -1.89. The maximum absolute atomic E-state index is 9.03. The van der Waals surface area contributed by atoms with E-state index in [-0.39, 0.29) is 6.61 Å². The van der Waals surface area contributed by atoms with Crippen LogP contribution in [0.4, 0.5) is 0 Å². The second-order valence-corrected chi connectivity index (χ2v) is 5.94. The van der Waals surface area contributed by atoms with Crippen molar-refractivity contribution in [3.63, 3.8) is 0 Å². The molecule has 1 N–H and O–H groups in total. The molecule has 0 atom stereocenters. The fraction of sp³-hybridized carbons (Fsp3) is 0.143. The number of aromatic nitrogens is 2. The van der Waals surface area contributed by atoms with Crippen molar-refractivity contribution in [3.05, 3.63) is 66.5 Å². The summed E-state index contributed by atoms with van der Waals surface area (Å²) in [6.07, 6.45) is 4.18. The van der Waals surface area contributed by atoms with Crippen LogP contribution in [0.3, 0.4) is 0 Å². The number of aliphatic hydroxyl groups excluding tert-OH is 1. The highest BCUT2D eigenvalue weighted by atomic mass is 16.5. The van der Waals surface area contributed by atoms with Gasteiger partial charge < -0.3 is 14.3 Å². The monoisotopic (exact) mass is 346 g/mol. The van der Waals surface area contributed by atoms with Crippen molar-refractivity contribution < 1.29 is 14.3 Å². The van der Waals surface area contributed by atoms with Crippen LogP contribution >= 0.6 is 0 Å². The van der Waals surface area contributed by atoms with Crippen LogP contribution in [0.25, 0.3) is 33.6 Å². The number of pyridine rings is 2. The summed E-state index contributed by atoms with van der Waals surface area (Å²) in [7, 11) is 1.59. The van der Waals surface area contributed by atoms with Gasteiger partial charge in [0, 0.05) is 47.8 Å². The van der Waals surface area contributed by atoms with E-state index in [1.54, 1.807) is 19.5 Å². The Morgan fingerprint density at radius 2 is 1.81 bits per heavy atom. The largest absolute Gasteiger partial charge is 0.481 e. The summed E-state index contributed by atoms with van der Waals surface area (Å²) in [6, 6.07) is 15.6. The van der Waals surface area contributed by atoms with Crippen LogP contribution in [0.5, 0.6) is 5.88 Å². The van der Waals surface area contributed by atoms with Crippen LogP contribution in [0.15, 0.2) is 65.3 Å². The second-order valence-electron chi connectivity index (χ2n) is 5.94. The van der Waals surface area contributed by atoms with Gasteiger partial charge in [0.2, 0.25) is 5.88 Å². The van der Waals surface area contributed by atoms with Crippen LogP contribution in [0, 0.1) is 0 Å². The summed E-state index contributed by atoms with van der Waals surface area (Å²) < 4.78 is 11.2. The Morgan fingerprint density at radius 1 is 1.00 bits per heavy atom. The van der Waals surface area contributed by atoms with Crippen molar-refractivity contribution in [2.24, 2.45) is 0 Å². The molecule has 0 amide bonds. The lowest BCUT2D eigenvalue weighted by molar-refractivity contribution is 0.299. The molecule has 0 saturated carbocycles. The molecule has 5 nitrogen and oxygen atoms in total. The van der Waals surface area contributed by atoms with Crippen molar-refractivity contribution in [2.75, 3.05) is 13.7 Å². The minimum absolute atomic E-state index is 0.146. The molecule has 4 aromatic rings. The Kier molecular flexibility index (Phi) is 4.37. The lowest BCUT2D eigenvalue weighted by Gasteiger charge is -2.03. The third-order valence-electron chi connectivity index (χ3n) is 4.31. The summed E-state index contributed by atoms with van der Waals surface area (Å²) in [5.41, 5.74) is 5.48. The average molecular weight is 346 g/mol. The number of methoxy groups -OCH3 is 1. The normalized spacial score (nSPS) is 11.0. The lowest BCUT2D eigenvalue weighted by atomic mass is 10.1. The molecule has 0 saturated heterocycles. The van der Waals surface area contributed by atoms with E-state index in [2.05, 4.69) is 9.97 Å². The van der Waals surface area contributed by atoms with Gasteiger partial charge in [0.05, 0.1) is 7.11 Å². The highest BCUT2D eigenvalue weighted by Gasteiger charge is 2.13. The molecular formula is C21H18N2O3. The van der Waals surface area contributed by atoms with E-state index in [4.69, 9.17) is 14.3 Å². The van der Waals surface area contributed by atoms with E-state index in [0.29, 0.717) is 12.3 Å². The molecular weight excluding hydrogens is 328 g/mol. The first-order valence-electron chi connectivity index (χ1n) is 8.37. The Hall–Kier alpha value is -3.18. The molecule has 0 aliphatic carbocycles. The van der Waals surface area contributed by atoms with Crippen LogP contribution in [0.2, 0.25) is 0 Å². The first kappa shape index (κ1) is 16.3. The van der Waals surface area contributed by atoms with Gasteiger partial charge in [-0.05, 0) is 24.1 Å². The minimum Gasteiger partial charge on any atom is -0.481 e. The van der Waals surface area contributed by atoms with E-state index in [0.717, 1.165) is 39.1 Å². The molecule has 5 heteroatoms. The third kappa shape index (κ3) is 3.05. The molecule has 0 radical (unpaired) electrons. The standard InChI is InChI=1S/C21H18N2O3/c1-25-20-7-6-16(13-23-20)17-8-10-22-18-12-19(26-21(17)18)15-4-2-14(3-5-15)9-11-24/h2-8,10,12-13,24H,9,11H2,1H3. The van der Waals surface area contributed by atoms with E-state index >= 15 is 0 Å². The number of nitrogens with zero attached hydrogens (tertiary/aromatic N) is 2. The third-order valence-corrected chi connectivity index (χ3v) is 4.31. The molecule has 130 valence electrons. The highest BCUT2D eigenvalue weighted by molar-refractivity contribution is 5.92. The zero-order chi connectivity index (χ0) is 17.9. The van der Waals surface area contributed by atoms with Crippen LogP contribution in [-0.2, 0) is 6.42 Å². The minimum atomic E-state index is 0.146. The summed E-state index contributed by atoms with van der Waals surface area (Å²) >= 11 is 0. The number of hydrogen-bond acceptors (Lipinski definition) is 5. The topological polar surface area (TPSA) is 68.4 Å². The van der Waals surface area contributed by atoms with Crippen molar-refractivity contribution in [3.8, 4) is 28.3 Å². The zero-order valence-electron chi connectivity index (χ0n) is 14.3. The SMILES string of the molecule is COc1ccc(-c2ccnc3cc(-c4ccc(CCO)cc4)oc23)cn1. The van der Waals surface area contributed by atoms with Crippen molar-refractivity contribution >= 4 is 11.1 Å². The molecule has 0 aliphatic heterocycles. The van der Waals surface area contributed by atoms with Crippen molar-refractivity contribution in [1.82, 2.24) is 9.97 Å². The molecule has 3 heterocycles. The first-order valence-corrected chi connectivity index (χ1v) is 8.37. The van der Waals surface area contributed by atoms with Crippen LogP contribution < -0.4 is 4.74 Å². The number of fused-ring (bicyclic) bond motifs is 1. The Bertz CT molecular complexity index is 1020. The number of rotatable bonds is 5. The van der Waals surface area contributed by atoms with Gasteiger partial charge in [-0.3, -0.25) is 4.98 Å². The Morgan fingerprint density at radius 3 is 2.50 bits per heavy atom. The maximum atomic E-state index is 9.03. The molecule has 0 spiro atoms. The molecule has 0 bridgehead atoms. The van der Waals surface area contributed by atoms with E-state index in [9.17, 15) is 0 Å². The molecule has 4 rings (SSSR count). The average Bonchev–Trinajstić information content (AvgIpc) is 3.13. The number of ether oxygens (including phenoxy) is 1. The molecule has 0 unspecified atom stereocenters.